The lowest BCUT2D eigenvalue weighted by atomic mass is 9.99. The van der Waals surface area contributed by atoms with E-state index >= 15 is 0 Å². The van der Waals surface area contributed by atoms with Crippen LogP contribution < -0.4 is 9.80 Å². The van der Waals surface area contributed by atoms with E-state index in [4.69, 9.17) is 4.42 Å². The molecule has 8 aromatic rings. The molecule has 3 nitrogen and oxygen atoms in total. The molecule has 0 fully saturated rings. The van der Waals surface area contributed by atoms with Crippen LogP contribution in [-0.2, 0) is 0 Å². The zero-order valence-electron chi connectivity index (χ0n) is 28.5. The number of fused-ring (bicyclic) bond motifs is 5. The van der Waals surface area contributed by atoms with Crippen molar-refractivity contribution in [1.29, 1.82) is 0 Å². The minimum Gasteiger partial charge on any atom is -0.456 e. The number of hydrogen-bond acceptors (Lipinski definition) is 3. The van der Waals surface area contributed by atoms with Crippen molar-refractivity contribution in [2.24, 2.45) is 0 Å². The molecule has 0 aliphatic carbocycles. The Bertz CT molecular complexity index is 2370. The Labute approximate surface area is 288 Å². The van der Waals surface area contributed by atoms with Gasteiger partial charge in [-0.3, -0.25) is 0 Å². The normalized spacial score (nSPS) is 11.6. The summed E-state index contributed by atoms with van der Waals surface area (Å²) in [6, 6.07) is 56.6. The molecule has 0 atom stereocenters. The first-order valence-electron chi connectivity index (χ1n) is 17.2. The predicted molar refractivity (Wildman–Crippen MR) is 209 cm³/mol. The largest absolute Gasteiger partial charge is 0.456 e. The van der Waals surface area contributed by atoms with Gasteiger partial charge in [-0.05, 0) is 95.1 Å². The van der Waals surface area contributed by atoms with Gasteiger partial charge < -0.3 is 14.2 Å². The van der Waals surface area contributed by atoms with E-state index in [9.17, 15) is 0 Å². The highest BCUT2D eigenvalue weighted by Gasteiger charge is 2.22. The molecule has 0 bridgehead atoms. The third kappa shape index (κ3) is 5.62. The molecule has 0 N–H and O–H groups in total. The van der Waals surface area contributed by atoms with Gasteiger partial charge in [0.1, 0.15) is 11.2 Å². The van der Waals surface area contributed by atoms with Gasteiger partial charge in [-0.2, -0.15) is 0 Å². The molecule has 0 aliphatic rings. The topological polar surface area (TPSA) is 19.6 Å². The number of furan rings is 1. The van der Waals surface area contributed by atoms with E-state index in [-0.39, 0.29) is 0 Å². The monoisotopic (exact) mass is 636 g/mol. The predicted octanol–water partition coefficient (Wildman–Crippen LogP) is 13.9. The van der Waals surface area contributed by atoms with Crippen LogP contribution in [0, 0.1) is 0 Å². The van der Waals surface area contributed by atoms with Gasteiger partial charge in [0.15, 0.2) is 0 Å². The van der Waals surface area contributed by atoms with Crippen molar-refractivity contribution in [3.8, 4) is 0 Å². The highest BCUT2D eigenvalue weighted by atomic mass is 16.3. The minimum absolute atomic E-state index is 0.467. The van der Waals surface area contributed by atoms with Crippen LogP contribution in [-0.4, -0.2) is 0 Å². The Morgan fingerprint density at radius 1 is 0.388 bits per heavy atom. The fourth-order valence-corrected chi connectivity index (χ4v) is 6.98. The van der Waals surface area contributed by atoms with E-state index in [1.807, 2.05) is 0 Å². The molecule has 0 amide bonds. The molecule has 1 aromatic heterocycles. The fourth-order valence-electron chi connectivity index (χ4n) is 6.98. The highest BCUT2D eigenvalue weighted by Crippen LogP contribution is 2.46. The van der Waals surface area contributed by atoms with E-state index < -0.39 is 0 Å². The van der Waals surface area contributed by atoms with Crippen molar-refractivity contribution in [2.45, 2.75) is 39.5 Å². The first-order chi connectivity index (χ1) is 24.0. The second-order valence-electron chi connectivity index (χ2n) is 13.4. The average molecular weight is 637 g/mol. The molecule has 1 heterocycles. The second kappa shape index (κ2) is 12.7. The van der Waals surface area contributed by atoms with Gasteiger partial charge in [0.2, 0.25) is 0 Å². The third-order valence-corrected chi connectivity index (χ3v) is 9.60. The molecule has 0 radical (unpaired) electrons. The summed E-state index contributed by atoms with van der Waals surface area (Å²) >= 11 is 0. The van der Waals surface area contributed by atoms with Crippen LogP contribution in [0.4, 0.5) is 34.1 Å². The Hall–Kier alpha value is -5.80. The summed E-state index contributed by atoms with van der Waals surface area (Å²) < 4.78 is 6.72. The van der Waals surface area contributed by atoms with Crippen LogP contribution in [0.25, 0.3) is 32.7 Å². The first kappa shape index (κ1) is 30.5. The smallest absolute Gasteiger partial charge is 0.138 e. The summed E-state index contributed by atoms with van der Waals surface area (Å²) in [6.07, 6.45) is 0. The molecule has 0 saturated carbocycles. The van der Waals surface area contributed by atoms with Crippen molar-refractivity contribution in [1.82, 2.24) is 0 Å². The Morgan fingerprint density at radius 2 is 0.857 bits per heavy atom. The van der Waals surface area contributed by atoms with E-state index in [1.54, 1.807) is 0 Å². The zero-order valence-corrected chi connectivity index (χ0v) is 28.5. The van der Waals surface area contributed by atoms with E-state index in [1.165, 1.54) is 16.5 Å². The number of nitrogens with zero attached hydrogens (tertiary/aromatic N) is 2. The molecule has 8 rings (SSSR count). The van der Waals surface area contributed by atoms with Crippen LogP contribution in [0.3, 0.4) is 0 Å². The fraction of sp³-hybridized carbons (Fsp3) is 0.130. The second-order valence-corrected chi connectivity index (χ2v) is 13.4. The molecule has 0 aliphatic heterocycles. The van der Waals surface area contributed by atoms with Crippen LogP contribution >= 0.6 is 0 Å². The molecule has 0 spiro atoms. The molecule has 49 heavy (non-hydrogen) atoms. The molecule has 0 saturated heterocycles. The summed E-state index contributed by atoms with van der Waals surface area (Å²) in [5.74, 6) is 0.942. The molecule has 3 heteroatoms. The molecule has 240 valence electrons. The van der Waals surface area contributed by atoms with Gasteiger partial charge in [0.25, 0.3) is 0 Å². The minimum atomic E-state index is 0.467. The molecule has 0 unspecified atom stereocenters. The van der Waals surface area contributed by atoms with Crippen molar-refractivity contribution in [2.75, 3.05) is 9.80 Å². The van der Waals surface area contributed by atoms with Crippen LogP contribution in [0.15, 0.2) is 162 Å². The Morgan fingerprint density at radius 3 is 1.43 bits per heavy atom. The van der Waals surface area contributed by atoms with Gasteiger partial charge in [0, 0.05) is 50.7 Å². The quantitative estimate of drug-likeness (QED) is 0.165. The number of benzene rings is 7. The van der Waals surface area contributed by atoms with Crippen molar-refractivity contribution >= 4 is 66.8 Å². The summed E-state index contributed by atoms with van der Waals surface area (Å²) in [5, 5.41) is 4.56. The molecular weight excluding hydrogens is 597 g/mol. The van der Waals surface area contributed by atoms with Gasteiger partial charge in [0.05, 0.1) is 5.69 Å². The molecular formula is C46H40N2O. The third-order valence-electron chi connectivity index (χ3n) is 9.60. The van der Waals surface area contributed by atoms with Gasteiger partial charge in [-0.15, -0.1) is 0 Å². The maximum Gasteiger partial charge on any atom is 0.138 e. The van der Waals surface area contributed by atoms with E-state index in [0.717, 1.165) is 61.4 Å². The number of anilines is 6. The van der Waals surface area contributed by atoms with Crippen LogP contribution in [0.1, 0.15) is 50.7 Å². The highest BCUT2D eigenvalue weighted by molar-refractivity contribution is 6.23. The van der Waals surface area contributed by atoms with E-state index in [0.29, 0.717) is 11.8 Å². The van der Waals surface area contributed by atoms with Crippen LogP contribution in [0.2, 0.25) is 0 Å². The maximum atomic E-state index is 6.72. The maximum absolute atomic E-state index is 6.72. The van der Waals surface area contributed by atoms with Gasteiger partial charge >= 0.3 is 0 Å². The summed E-state index contributed by atoms with van der Waals surface area (Å²) in [4.78, 5) is 4.68. The van der Waals surface area contributed by atoms with Gasteiger partial charge in [-0.1, -0.05) is 113 Å². The lowest BCUT2D eigenvalue weighted by Crippen LogP contribution is -2.10. The number of rotatable bonds is 8. The standard InChI is InChI=1S/C46H40N2O/c1-31(2)33-19-23-37(24-20-33)47(35-13-7-5-8-14-35)39-27-28-44-42(29-39)46-41-18-12-11-17-40(41)43(30-45(46)49-44)48(36-15-9-6-10-16-36)38-25-21-34(22-26-38)32(3)4/h5-32H,1-4H3. The Balaban J connectivity index is 1.33. The lowest BCUT2D eigenvalue weighted by molar-refractivity contribution is 0.669. The summed E-state index contributed by atoms with van der Waals surface area (Å²) in [6.45, 7) is 8.94. The summed E-state index contributed by atoms with van der Waals surface area (Å²) in [7, 11) is 0. The van der Waals surface area contributed by atoms with E-state index in [2.05, 4.69) is 195 Å². The number of para-hydroxylation sites is 2. The van der Waals surface area contributed by atoms with Crippen molar-refractivity contribution in [3.63, 3.8) is 0 Å². The van der Waals surface area contributed by atoms with Crippen molar-refractivity contribution in [3.05, 3.63) is 169 Å². The Kier molecular flexibility index (Phi) is 7.89. The van der Waals surface area contributed by atoms with Gasteiger partial charge in [-0.25, -0.2) is 0 Å². The first-order valence-corrected chi connectivity index (χ1v) is 17.2. The van der Waals surface area contributed by atoms with Crippen molar-refractivity contribution < 1.29 is 4.42 Å². The molecule has 7 aromatic carbocycles. The SMILES string of the molecule is CC(C)c1ccc(N(c2ccccc2)c2ccc3oc4cc(N(c5ccccc5)c5ccc(C(C)C)cc5)c5ccccc5c4c3c2)cc1. The average Bonchev–Trinajstić information content (AvgIpc) is 3.51. The lowest BCUT2D eigenvalue weighted by Gasteiger charge is -2.27. The van der Waals surface area contributed by atoms with Crippen LogP contribution in [0.5, 0.6) is 0 Å². The summed E-state index contributed by atoms with van der Waals surface area (Å²) in [5.41, 5.74) is 11.0. The zero-order chi connectivity index (χ0) is 33.5. The number of hydrogen-bond donors (Lipinski definition) is 0.